The summed E-state index contributed by atoms with van der Waals surface area (Å²) in [4.78, 5) is 14.5. The molecule has 1 aliphatic rings. The fourth-order valence-corrected chi connectivity index (χ4v) is 5.76. The van der Waals surface area contributed by atoms with Crippen molar-refractivity contribution in [3.05, 3.63) is 90.1 Å². The number of benzene rings is 2. The molecule has 2 aromatic carbocycles. The lowest BCUT2D eigenvalue weighted by atomic mass is 9.90. The van der Waals surface area contributed by atoms with E-state index < -0.39 is 21.6 Å². The van der Waals surface area contributed by atoms with Gasteiger partial charge in [-0.05, 0) is 66.4 Å². The Bertz CT molecular complexity index is 1600. The Balaban J connectivity index is 1.61. The largest absolute Gasteiger partial charge is 0.416 e. The molecular formula is C27H23F3N4O2S. The molecule has 1 aliphatic heterocycles. The van der Waals surface area contributed by atoms with Crippen LogP contribution in [0.5, 0.6) is 0 Å². The second-order valence-corrected chi connectivity index (χ2v) is 11.0. The molecule has 0 amide bonds. The summed E-state index contributed by atoms with van der Waals surface area (Å²) in [6.07, 6.45) is 2.41. The zero-order chi connectivity index (χ0) is 26.2. The Morgan fingerprint density at radius 1 is 0.973 bits per heavy atom. The number of aromatic nitrogens is 3. The van der Waals surface area contributed by atoms with Crippen LogP contribution in [-0.4, -0.2) is 48.4 Å². The normalized spacial score (nSPS) is 15.1. The lowest BCUT2D eigenvalue weighted by molar-refractivity contribution is -0.137. The molecule has 0 aliphatic carbocycles. The second-order valence-electron chi connectivity index (χ2n) is 9.00. The molecule has 0 unspecified atom stereocenters. The van der Waals surface area contributed by atoms with Gasteiger partial charge in [-0.3, -0.25) is 4.98 Å². The minimum absolute atomic E-state index is 0.126. The molecule has 0 N–H and O–H groups in total. The second kappa shape index (κ2) is 9.68. The summed E-state index contributed by atoms with van der Waals surface area (Å²) in [5.74, 6) is -0.273. The van der Waals surface area contributed by atoms with E-state index in [1.165, 1.54) is 30.7 Å². The van der Waals surface area contributed by atoms with Crippen LogP contribution >= 0.6 is 0 Å². The van der Waals surface area contributed by atoms with Crippen molar-refractivity contribution in [3.8, 4) is 11.3 Å². The van der Waals surface area contributed by atoms with Crippen LogP contribution in [-0.2, 0) is 21.8 Å². The third kappa shape index (κ3) is 5.26. The Labute approximate surface area is 212 Å². The number of hydrogen-bond acceptors (Lipinski definition) is 6. The van der Waals surface area contributed by atoms with Gasteiger partial charge in [-0.1, -0.05) is 18.2 Å². The van der Waals surface area contributed by atoms with E-state index in [2.05, 4.69) is 19.9 Å². The van der Waals surface area contributed by atoms with E-state index in [1.807, 2.05) is 13.1 Å². The van der Waals surface area contributed by atoms with Crippen LogP contribution in [0.4, 0.5) is 13.2 Å². The molecule has 0 atom stereocenters. The van der Waals surface area contributed by atoms with E-state index in [1.54, 1.807) is 30.5 Å². The first kappa shape index (κ1) is 25.0. The zero-order valence-electron chi connectivity index (χ0n) is 19.9. The number of fused-ring (bicyclic) bond motifs is 1. The number of alkyl halides is 3. The molecule has 0 bridgehead atoms. The summed E-state index contributed by atoms with van der Waals surface area (Å²) in [7, 11) is -1.72. The first-order chi connectivity index (χ1) is 17.6. The van der Waals surface area contributed by atoms with Gasteiger partial charge in [0, 0.05) is 36.4 Å². The number of likely N-dealkylation sites (N-methyl/N-ethyl adjacent to an activating group) is 1. The number of pyridine rings is 1. The summed E-state index contributed by atoms with van der Waals surface area (Å²) in [5, 5.41) is 1.27. The molecule has 4 aromatic rings. The van der Waals surface area contributed by atoms with Gasteiger partial charge in [0.25, 0.3) is 0 Å². The van der Waals surface area contributed by atoms with Crippen molar-refractivity contribution in [1.82, 2.24) is 19.9 Å². The van der Waals surface area contributed by atoms with Crippen LogP contribution in [0.2, 0.25) is 0 Å². The molecule has 0 radical (unpaired) electrons. The van der Waals surface area contributed by atoms with Crippen molar-refractivity contribution in [2.75, 3.05) is 20.1 Å². The molecule has 190 valence electrons. The van der Waals surface area contributed by atoms with Crippen LogP contribution in [0.1, 0.15) is 23.2 Å². The maximum Gasteiger partial charge on any atom is 0.416 e. The standard InChI is InChI=1S/C27H23F3N4O2S/c1-34-12-8-18(9-13-34)25-15-20(27(28,29)30)2-4-24(25)26-23-5-3-22(14-19(23)6-11-32-26)37(35,36)16-21-7-10-31-17-33-21/h2-8,10-11,14-15,17H,9,12-13,16H2,1H3. The number of rotatable bonds is 5. The summed E-state index contributed by atoms with van der Waals surface area (Å²) >= 11 is 0. The van der Waals surface area contributed by atoms with Gasteiger partial charge in [0.05, 0.1) is 27.6 Å². The van der Waals surface area contributed by atoms with Gasteiger partial charge < -0.3 is 4.90 Å². The Hall–Kier alpha value is -3.63. The lowest BCUT2D eigenvalue weighted by Crippen LogP contribution is -2.24. The van der Waals surface area contributed by atoms with Gasteiger partial charge in [-0.2, -0.15) is 13.2 Å². The maximum atomic E-state index is 13.6. The van der Waals surface area contributed by atoms with Crippen molar-refractivity contribution in [2.24, 2.45) is 0 Å². The maximum absolute atomic E-state index is 13.6. The number of nitrogens with zero attached hydrogens (tertiary/aromatic N) is 4. The van der Waals surface area contributed by atoms with E-state index in [4.69, 9.17) is 0 Å². The SMILES string of the molecule is CN1CC=C(c2cc(C(F)(F)F)ccc2-c2nccc3cc(S(=O)(=O)Cc4ccncn4)ccc23)CC1. The molecular weight excluding hydrogens is 501 g/mol. The average molecular weight is 525 g/mol. The van der Waals surface area contributed by atoms with Crippen molar-refractivity contribution in [1.29, 1.82) is 0 Å². The van der Waals surface area contributed by atoms with Crippen LogP contribution in [0.15, 0.2) is 78.2 Å². The number of hydrogen-bond donors (Lipinski definition) is 0. The van der Waals surface area contributed by atoms with E-state index >= 15 is 0 Å². The van der Waals surface area contributed by atoms with Crippen LogP contribution in [0.3, 0.4) is 0 Å². The fourth-order valence-electron chi connectivity index (χ4n) is 4.45. The molecule has 0 spiro atoms. The summed E-state index contributed by atoms with van der Waals surface area (Å²) in [6.45, 7) is 1.37. The number of halogens is 3. The van der Waals surface area contributed by atoms with E-state index in [0.29, 0.717) is 46.3 Å². The first-order valence-electron chi connectivity index (χ1n) is 11.6. The third-order valence-corrected chi connectivity index (χ3v) is 8.08. The highest BCUT2D eigenvalue weighted by molar-refractivity contribution is 7.90. The Kier molecular flexibility index (Phi) is 6.55. The van der Waals surface area contributed by atoms with E-state index in [-0.39, 0.29) is 10.6 Å². The summed E-state index contributed by atoms with van der Waals surface area (Å²) < 4.78 is 66.8. The van der Waals surface area contributed by atoms with Crippen LogP contribution < -0.4 is 0 Å². The van der Waals surface area contributed by atoms with E-state index in [9.17, 15) is 21.6 Å². The first-order valence-corrected chi connectivity index (χ1v) is 13.2. The Morgan fingerprint density at radius 2 is 1.81 bits per heavy atom. The van der Waals surface area contributed by atoms with Gasteiger partial charge in [0.2, 0.25) is 0 Å². The van der Waals surface area contributed by atoms with Crippen LogP contribution in [0.25, 0.3) is 27.6 Å². The molecule has 0 fully saturated rings. The molecule has 6 nitrogen and oxygen atoms in total. The quantitative estimate of drug-likeness (QED) is 0.348. The van der Waals surface area contributed by atoms with Crippen molar-refractivity contribution in [3.63, 3.8) is 0 Å². The monoisotopic (exact) mass is 524 g/mol. The molecule has 0 saturated carbocycles. The van der Waals surface area contributed by atoms with Crippen molar-refractivity contribution >= 4 is 26.2 Å². The van der Waals surface area contributed by atoms with Gasteiger partial charge in [-0.25, -0.2) is 18.4 Å². The van der Waals surface area contributed by atoms with Gasteiger partial charge in [-0.15, -0.1) is 0 Å². The molecule has 3 heterocycles. The zero-order valence-corrected chi connectivity index (χ0v) is 20.7. The summed E-state index contributed by atoms with van der Waals surface area (Å²) in [6, 6.07) is 11.7. The number of sulfone groups is 1. The van der Waals surface area contributed by atoms with Gasteiger partial charge >= 0.3 is 6.18 Å². The lowest BCUT2D eigenvalue weighted by Gasteiger charge is -2.24. The molecule has 2 aromatic heterocycles. The molecule has 5 rings (SSSR count). The highest BCUT2D eigenvalue weighted by Crippen LogP contribution is 2.39. The Morgan fingerprint density at radius 3 is 2.51 bits per heavy atom. The predicted octanol–water partition coefficient (Wildman–Crippen LogP) is 5.40. The van der Waals surface area contributed by atoms with E-state index in [0.717, 1.165) is 18.2 Å². The minimum atomic E-state index is -4.47. The van der Waals surface area contributed by atoms with Gasteiger partial charge in [0.15, 0.2) is 9.84 Å². The molecule has 37 heavy (non-hydrogen) atoms. The predicted molar refractivity (Wildman–Crippen MR) is 135 cm³/mol. The summed E-state index contributed by atoms with van der Waals surface area (Å²) in [5.41, 5.74) is 2.06. The highest BCUT2D eigenvalue weighted by atomic mass is 32.2. The van der Waals surface area contributed by atoms with Crippen LogP contribution in [0, 0.1) is 0 Å². The van der Waals surface area contributed by atoms with Crippen molar-refractivity contribution in [2.45, 2.75) is 23.2 Å². The smallest absolute Gasteiger partial charge is 0.302 e. The average Bonchev–Trinajstić information content (AvgIpc) is 2.88. The minimum Gasteiger partial charge on any atom is -0.302 e. The third-order valence-electron chi connectivity index (χ3n) is 6.44. The topological polar surface area (TPSA) is 76.1 Å². The van der Waals surface area contributed by atoms with Crippen molar-refractivity contribution < 1.29 is 21.6 Å². The molecule has 10 heteroatoms. The fraction of sp³-hybridized carbons (Fsp3) is 0.222. The molecule has 0 saturated heterocycles. The highest BCUT2D eigenvalue weighted by Gasteiger charge is 2.32. The van der Waals surface area contributed by atoms with Gasteiger partial charge in [0.1, 0.15) is 6.33 Å².